The van der Waals surface area contributed by atoms with E-state index >= 15 is 0 Å². The molecule has 1 aromatic heterocycles. The summed E-state index contributed by atoms with van der Waals surface area (Å²) >= 11 is 5.73. The smallest absolute Gasteiger partial charge is 0.272 e. The van der Waals surface area contributed by atoms with E-state index in [2.05, 4.69) is 0 Å². The fraction of sp³-hybridized carbons (Fsp3) is 0.333. The zero-order chi connectivity index (χ0) is 11.7. The number of primary amides is 1. The molecule has 0 unspecified atom stereocenters. The molecule has 0 radical (unpaired) electrons. The van der Waals surface area contributed by atoms with E-state index in [1.54, 1.807) is 6.92 Å². The maximum atomic E-state index is 11.5. The van der Waals surface area contributed by atoms with Crippen molar-refractivity contribution in [1.29, 1.82) is 0 Å². The quantitative estimate of drug-likeness (QED) is 0.782. The Morgan fingerprint density at radius 3 is 2.53 bits per heavy atom. The van der Waals surface area contributed by atoms with Gasteiger partial charge in [0.1, 0.15) is 10.6 Å². The summed E-state index contributed by atoms with van der Waals surface area (Å²) in [5, 5.41) is 9.55. The predicted molar refractivity (Wildman–Crippen MR) is 56.3 cm³/mol. The second kappa shape index (κ2) is 3.94. The van der Waals surface area contributed by atoms with E-state index < -0.39 is 17.3 Å². The zero-order valence-corrected chi connectivity index (χ0v) is 9.13. The molecule has 1 rings (SSSR count). The van der Waals surface area contributed by atoms with Gasteiger partial charge in [-0.05, 0) is 19.4 Å². The van der Waals surface area contributed by atoms with Crippen molar-refractivity contribution in [2.24, 2.45) is 5.73 Å². The molecule has 1 amide bonds. The minimum absolute atomic E-state index is 0.0940. The number of halogens is 1. The summed E-state index contributed by atoms with van der Waals surface area (Å²) in [5.41, 5.74) is 4.65. The van der Waals surface area contributed by atoms with Crippen LogP contribution in [-0.2, 0) is 6.54 Å². The van der Waals surface area contributed by atoms with Crippen LogP contribution in [0.4, 0.5) is 0 Å². The van der Waals surface area contributed by atoms with Crippen molar-refractivity contribution in [1.82, 2.24) is 4.57 Å². The first-order valence-corrected chi connectivity index (χ1v) is 4.71. The Hall–Kier alpha value is -1.49. The maximum Gasteiger partial charge on any atom is 0.272 e. The molecule has 15 heavy (non-hydrogen) atoms. The normalized spacial score (nSPS) is 10.3. The van der Waals surface area contributed by atoms with Crippen LogP contribution in [0, 0.1) is 6.92 Å². The van der Waals surface area contributed by atoms with Crippen molar-refractivity contribution >= 4 is 17.5 Å². The monoisotopic (exact) mass is 230 g/mol. The number of hydrogen-bond donors (Lipinski definition) is 2. The molecule has 0 spiro atoms. The Morgan fingerprint density at radius 1 is 1.60 bits per heavy atom. The Balaban J connectivity index is 3.76. The molecule has 0 aliphatic rings. The van der Waals surface area contributed by atoms with Crippen LogP contribution in [0.2, 0.25) is 5.02 Å². The van der Waals surface area contributed by atoms with Crippen LogP contribution in [0.1, 0.15) is 22.8 Å². The molecule has 6 heteroatoms. The topological polar surface area (TPSA) is 85.3 Å². The Morgan fingerprint density at radius 2 is 2.13 bits per heavy atom. The third-order valence-corrected chi connectivity index (χ3v) is 2.62. The second-order valence-corrected chi connectivity index (χ2v) is 3.43. The summed E-state index contributed by atoms with van der Waals surface area (Å²) in [4.78, 5) is 22.6. The highest BCUT2D eigenvalue weighted by atomic mass is 35.5. The van der Waals surface area contributed by atoms with E-state index in [-0.39, 0.29) is 22.7 Å². The number of aromatic nitrogens is 1. The molecule has 0 aromatic carbocycles. The van der Waals surface area contributed by atoms with Gasteiger partial charge < -0.3 is 10.8 Å². The fourth-order valence-electron chi connectivity index (χ4n) is 1.38. The minimum Gasteiger partial charge on any atom is -0.494 e. The lowest BCUT2D eigenvalue weighted by molar-refractivity contribution is 0.0995. The number of rotatable bonds is 2. The summed E-state index contributed by atoms with van der Waals surface area (Å²) in [6, 6.07) is 0. The lowest BCUT2D eigenvalue weighted by Gasteiger charge is -2.12. The molecule has 0 saturated heterocycles. The molecule has 5 nitrogen and oxygen atoms in total. The summed E-state index contributed by atoms with van der Waals surface area (Å²) in [6.07, 6.45) is 0. The highest BCUT2D eigenvalue weighted by Gasteiger charge is 2.20. The summed E-state index contributed by atoms with van der Waals surface area (Å²) in [6.45, 7) is 3.33. The van der Waals surface area contributed by atoms with Crippen LogP contribution in [0.3, 0.4) is 0 Å². The zero-order valence-electron chi connectivity index (χ0n) is 8.37. The van der Waals surface area contributed by atoms with Crippen LogP contribution in [0.5, 0.6) is 5.88 Å². The van der Waals surface area contributed by atoms with E-state index in [4.69, 9.17) is 17.3 Å². The number of aromatic hydroxyl groups is 1. The third kappa shape index (κ3) is 1.70. The molecular weight excluding hydrogens is 220 g/mol. The van der Waals surface area contributed by atoms with Gasteiger partial charge in [0.15, 0.2) is 0 Å². The lowest BCUT2D eigenvalue weighted by atomic mass is 10.1. The van der Waals surface area contributed by atoms with Crippen molar-refractivity contribution < 1.29 is 9.90 Å². The number of amides is 1. The number of carbonyl (C=O) groups excluding carboxylic acids is 1. The van der Waals surface area contributed by atoms with Crippen molar-refractivity contribution in [2.75, 3.05) is 0 Å². The number of carbonyl (C=O) groups is 1. The highest BCUT2D eigenvalue weighted by Crippen LogP contribution is 2.23. The second-order valence-electron chi connectivity index (χ2n) is 3.05. The molecule has 3 N–H and O–H groups in total. The van der Waals surface area contributed by atoms with Crippen molar-refractivity contribution in [3.8, 4) is 5.88 Å². The number of nitrogens with zero attached hydrogens (tertiary/aromatic N) is 1. The first-order valence-electron chi connectivity index (χ1n) is 4.33. The van der Waals surface area contributed by atoms with Crippen LogP contribution < -0.4 is 11.3 Å². The van der Waals surface area contributed by atoms with Gasteiger partial charge in [0.05, 0.1) is 0 Å². The SMILES string of the molecule is CCn1c(O)c(C(N)=O)c(C)c(Cl)c1=O. The number of pyridine rings is 1. The summed E-state index contributed by atoms with van der Waals surface area (Å²) in [5.74, 6) is -1.24. The van der Waals surface area contributed by atoms with Crippen LogP contribution in [-0.4, -0.2) is 15.6 Å². The highest BCUT2D eigenvalue weighted by molar-refractivity contribution is 6.31. The van der Waals surface area contributed by atoms with E-state index in [1.165, 1.54) is 6.92 Å². The van der Waals surface area contributed by atoms with Gasteiger partial charge in [-0.25, -0.2) is 0 Å². The molecule has 0 aliphatic heterocycles. The maximum absolute atomic E-state index is 11.5. The number of nitrogens with two attached hydrogens (primary N) is 1. The first kappa shape index (κ1) is 11.6. The molecule has 1 heterocycles. The van der Waals surface area contributed by atoms with Crippen LogP contribution >= 0.6 is 11.6 Å². The van der Waals surface area contributed by atoms with Gasteiger partial charge in [-0.15, -0.1) is 0 Å². The Labute approximate surface area is 91.1 Å². The fourth-order valence-corrected chi connectivity index (χ4v) is 1.57. The summed E-state index contributed by atoms with van der Waals surface area (Å²) < 4.78 is 0.995. The number of hydrogen-bond acceptors (Lipinski definition) is 3. The van der Waals surface area contributed by atoms with Gasteiger partial charge >= 0.3 is 0 Å². The van der Waals surface area contributed by atoms with E-state index in [0.717, 1.165) is 4.57 Å². The average Bonchev–Trinajstić information content (AvgIpc) is 2.15. The van der Waals surface area contributed by atoms with Crippen molar-refractivity contribution in [3.63, 3.8) is 0 Å². The van der Waals surface area contributed by atoms with Gasteiger partial charge in [-0.1, -0.05) is 11.6 Å². The van der Waals surface area contributed by atoms with Gasteiger partial charge in [0, 0.05) is 6.54 Å². The van der Waals surface area contributed by atoms with Gasteiger partial charge in [0.25, 0.3) is 11.5 Å². The molecular formula is C9H11ClN2O3. The van der Waals surface area contributed by atoms with Gasteiger partial charge in [-0.3, -0.25) is 14.2 Å². The average molecular weight is 231 g/mol. The van der Waals surface area contributed by atoms with E-state index in [1.807, 2.05) is 0 Å². The molecule has 0 aliphatic carbocycles. The Bertz CT molecular complexity index is 479. The van der Waals surface area contributed by atoms with Crippen LogP contribution in [0.15, 0.2) is 4.79 Å². The van der Waals surface area contributed by atoms with Crippen LogP contribution in [0.25, 0.3) is 0 Å². The summed E-state index contributed by atoms with van der Waals surface area (Å²) in [7, 11) is 0. The molecule has 82 valence electrons. The molecule has 0 bridgehead atoms. The molecule has 0 saturated carbocycles. The standard InChI is InChI=1S/C9H11ClN2O3/c1-3-12-8(14)5(7(11)13)4(2)6(10)9(12)15/h14H,3H2,1-2H3,(H2,11,13). The Kier molecular flexibility index (Phi) is 3.04. The first-order chi connectivity index (χ1) is 6.91. The van der Waals surface area contributed by atoms with Crippen molar-refractivity contribution in [2.45, 2.75) is 20.4 Å². The van der Waals surface area contributed by atoms with E-state index in [9.17, 15) is 14.7 Å². The van der Waals surface area contributed by atoms with E-state index in [0.29, 0.717) is 0 Å². The van der Waals surface area contributed by atoms with Gasteiger partial charge in [0.2, 0.25) is 5.88 Å². The third-order valence-electron chi connectivity index (χ3n) is 2.18. The minimum atomic E-state index is -0.811. The lowest BCUT2D eigenvalue weighted by Crippen LogP contribution is -2.25. The largest absolute Gasteiger partial charge is 0.494 e. The molecule has 1 aromatic rings. The predicted octanol–water partition coefficient (Wildman–Crippen LogP) is 0.635. The van der Waals surface area contributed by atoms with Gasteiger partial charge in [-0.2, -0.15) is 0 Å². The van der Waals surface area contributed by atoms with Crippen molar-refractivity contribution in [3.05, 3.63) is 26.5 Å². The molecule has 0 atom stereocenters. The molecule has 0 fully saturated rings.